The number of carbonyl (C=O) groups excluding carboxylic acids is 1. The van der Waals surface area contributed by atoms with E-state index in [9.17, 15) is 4.79 Å². The van der Waals surface area contributed by atoms with Gasteiger partial charge in [-0.25, -0.2) is 9.97 Å². The lowest BCUT2D eigenvalue weighted by atomic mass is 9.98. The summed E-state index contributed by atoms with van der Waals surface area (Å²) in [4.78, 5) is 21.2. The topological polar surface area (TPSA) is 69.0 Å². The molecule has 2 heterocycles. The van der Waals surface area contributed by atoms with Gasteiger partial charge in [0, 0.05) is 0 Å². The normalized spacial score (nSPS) is 17.2. The van der Waals surface area contributed by atoms with E-state index in [1.54, 1.807) is 16.7 Å². The molecule has 1 N–H and O–H groups in total. The van der Waals surface area contributed by atoms with Gasteiger partial charge in [0.1, 0.15) is 10.7 Å². The standard InChI is InChI=1S/C19H21ClN4O2/c20-16-10-9-15-18(22-16)24(13-5-4-6-13)19(21-15)23-17(25)11-12-26-14-7-2-1-3-8-14/h4-6,9-10,14H,1-3,7-8,11-12H2,(H,21,23,25). The number of fused-ring (bicyclic) bond motifs is 1. The number of imidazole rings is 1. The van der Waals surface area contributed by atoms with Gasteiger partial charge in [-0.3, -0.25) is 14.7 Å². The van der Waals surface area contributed by atoms with Crippen molar-refractivity contribution < 1.29 is 9.53 Å². The van der Waals surface area contributed by atoms with Crippen LogP contribution in [-0.4, -0.2) is 33.2 Å². The summed E-state index contributed by atoms with van der Waals surface area (Å²) in [6.45, 7) is 0.434. The number of allylic oxidation sites excluding steroid dienone is 4. The fourth-order valence-electron chi connectivity index (χ4n) is 3.33. The molecule has 0 unspecified atom stereocenters. The second-order valence-electron chi connectivity index (χ2n) is 6.63. The highest BCUT2D eigenvalue weighted by atomic mass is 35.5. The summed E-state index contributed by atoms with van der Waals surface area (Å²) in [5.74, 6) is 0.334. The molecule has 0 radical (unpaired) electrons. The molecule has 1 amide bonds. The third-order valence-corrected chi connectivity index (χ3v) is 4.96. The molecular formula is C19H21ClN4O2. The lowest BCUT2D eigenvalue weighted by molar-refractivity contribution is -0.117. The minimum absolute atomic E-state index is 0.118. The predicted molar refractivity (Wildman–Crippen MR) is 102 cm³/mol. The van der Waals surface area contributed by atoms with Gasteiger partial charge >= 0.3 is 0 Å². The van der Waals surface area contributed by atoms with Gasteiger partial charge in [-0.2, -0.15) is 0 Å². The van der Waals surface area contributed by atoms with Gasteiger partial charge in [-0.15, -0.1) is 0 Å². The van der Waals surface area contributed by atoms with Crippen LogP contribution < -0.4 is 5.32 Å². The number of nitrogens with one attached hydrogen (secondary N) is 1. The number of aromatic nitrogens is 3. The molecular weight excluding hydrogens is 352 g/mol. The molecule has 2 aromatic rings. The van der Waals surface area contributed by atoms with Crippen molar-refractivity contribution >= 4 is 40.3 Å². The maximum Gasteiger partial charge on any atom is 0.229 e. The molecule has 2 aliphatic carbocycles. The molecule has 4 rings (SSSR count). The van der Waals surface area contributed by atoms with E-state index in [4.69, 9.17) is 16.3 Å². The van der Waals surface area contributed by atoms with Crippen LogP contribution >= 0.6 is 11.6 Å². The average Bonchev–Trinajstić information content (AvgIpc) is 2.92. The number of ether oxygens (including phenoxy) is 1. The number of amides is 1. The quantitative estimate of drug-likeness (QED) is 0.772. The smallest absolute Gasteiger partial charge is 0.229 e. The Morgan fingerprint density at radius 2 is 2.08 bits per heavy atom. The highest BCUT2D eigenvalue weighted by molar-refractivity contribution is 6.29. The highest BCUT2D eigenvalue weighted by Crippen LogP contribution is 2.27. The first-order valence-corrected chi connectivity index (χ1v) is 9.44. The van der Waals surface area contributed by atoms with Gasteiger partial charge in [0.2, 0.25) is 11.9 Å². The van der Waals surface area contributed by atoms with Crippen molar-refractivity contribution in [1.82, 2.24) is 14.5 Å². The lowest BCUT2D eigenvalue weighted by Gasteiger charge is -2.21. The molecule has 1 saturated carbocycles. The molecule has 1 fully saturated rings. The van der Waals surface area contributed by atoms with Gasteiger partial charge < -0.3 is 4.74 Å². The van der Waals surface area contributed by atoms with Crippen LogP contribution in [0.1, 0.15) is 38.5 Å². The molecule has 7 heteroatoms. The fraction of sp³-hybridized carbons (Fsp3) is 0.421. The van der Waals surface area contributed by atoms with Crippen molar-refractivity contribution in [2.75, 3.05) is 11.9 Å². The molecule has 26 heavy (non-hydrogen) atoms. The Labute approximate surface area is 156 Å². The number of carbonyl (C=O) groups is 1. The molecule has 6 nitrogen and oxygen atoms in total. The number of halogens is 1. The number of rotatable bonds is 6. The van der Waals surface area contributed by atoms with Gasteiger partial charge in [-0.05, 0) is 37.1 Å². The van der Waals surface area contributed by atoms with E-state index in [1.165, 1.54) is 19.3 Å². The van der Waals surface area contributed by atoms with Crippen LogP contribution in [0.3, 0.4) is 0 Å². The summed E-state index contributed by atoms with van der Waals surface area (Å²) in [5, 5.41) is 3.27. The molecule has 0 saturated heterocycles. The van der Waals surface area contributed by atoms with E-state index >= 15 is 0 Å². The molecule has 2 aromatic heterocycles. The number of nitrogens with zero attached hydrogens (tertiary/aromatic N) is 3. The van der Waals surface area contributed by atoms with Crippen molar-refractivity contribution in [1.29, 1.82) is 0 Å². The first-order valence-electron chi connectivity index (χ1n) is 9.06. The molecule has 0 spiro atoms. The van der Waals surface area contributed by atoms with Crippen molar-refractivity contribution in [2.24, 2.45) is 0 Å². The highest BCUT2D eigenvalue weighted by Gasteiger charge is 2.19. The Morgan fingerprint density at radius 1 is 1.27 bits per heavy atom. The molecule has 0 aliphatic heterocycles. The summed E-state index contributed by atoms with van der Waals surface area (Å²) in [6.07, 6.45) is 12.3. The van der Waals surface area contributed by atoms with Crippen LogP contribution in [0.15, 0.2) is 30.4 Å². The maximum atomic E-state index is 12.4. The Morgan fingerprint density at radius 3 is 2.81 bits per heavy atom. The monoisotopic (exact) mass is 372 g/mol. The van der Waals surface area contributed by atoms with Crippen LogP contribution in [0, 0.1) is 0 Å². The van der Waals surface area contributed by atoms with Crippen molar-refractivity contribution in [3.63, 3.8) is 0 Å². The van der Waals surface area contributed by atoms with E-state index in [0.717, 1.165) is 18.5 Å². The summed E-state index contributed by atoms with van der Waals surface area (Å²) < 4.78 is 7.64. The van der Waals surface area contributed by atoms with Crippen LogP contribution in [-0.2, 0) is 9.53 Å². The Balaban J connectivity index is 1.43. The number of hydrogen-bond donors (Lipinski definition) is 1. The molecule has 2 aliphatic rings. The number of pyridine rings is 1. The first-order chi connectivity index (χ1) is 12.7. The van der Waals surface area contributed by atoms with Crippen LogP contribution in [0.2, 0.25) is 5.15 Å². The third-order valence-electron chi connectivity index (χ3n) is 4.75. The van der Waals surface area contributed by atoms with Gasteiger partial charge in [0.25, 0.3) is 0 Å². The zero-order chi connectivity index (χ0) is 17.9. The van der Waals surface area contributed by atoms with Crippen LogP contribution in [0.25, 0.3) is 16.9 Å². The predicted octanol–water partition coefficient (Wildman–Crippen LogP) is 4.17. The summed E-state index contributed by atoms with van der Waals surface area (Å²) >= 11 is 6.02. The average molecular weight is 373 g/mol. The minimum atomic E-state index is -0.118. The zero-order valence-electron chi connectivity index (χ0n) is 14.4. The van der Waals surface area contributed by atoms with E-state index in [1.807, 2.05) is 18.2 Å². The summed E-state index contributed by atoms with van der Waals surface area (Å²) in [6, 6.07) is 3.49. The summed E-state index contributed by atoms with van der Waals surface area (Å²) in [7, 11) is 0. The molecule has 136 valence electrons. The van der Waals surface area contributed by atoms with E-state index in [2.05, 4.69) is 15.3 Å². The maximum absolute atomic E-state index is 12.4. The SMILES string of the molecule is O=C(CCOC1CCCCC1)Nc1nc2ccc(Cl)nc2n1C1=CC=C1. The fourth-order valence-corrected chi connectivity index (χ4v) is 3.47. The first kappa shape index (κ1) is 17.2. The number of anilines is 1. The Kier molecular flexibility index (Phi) is 5.04. The third kappa shape index (κ3) is 3.66. The summed E-state index contributed by atoms with van der Waals surface area (Å²) in [5.41, 5.74) is 2.22. The molecule has 0 atom stereocenters. The lowest BCUT2D eigenvalue weighted by Crippen LogP contribution is -2.21. The molecule has 0 aromatic carbocycles. The van der Waals surface area contributed by atoms with Crippen LogP contribution in [0.5, 0.6) is 0 Å². The van der Waals surface area contributed by atoms with Crippen LogP contribution in [0.4, 0.5) is 5.95 Å². The van der Waals surface area contributed by atoms with Gasteiger partial charge in [-0.1, -0.05) is 36.9 Å². The van der Waals surface area contributed by atoms with Gasteiger partial charge in [0.05, 0.1) is 24.8 Å². The second kappa shape index (κ2) is 7.60. The van der Waals surface area contributed by atoms with Crippen molar-refractivity contribution in [2.45, 2.75) is 44.6 Å². The Bertz CT molecular complexity index is 881. The number of hydrogen-bond acceptors (Lipinski definition) is 4. The van der Waals surface area contributed by atoms with E-state index in [-0.39, 0.29) is 5.91 Å². The van der Waals surface area contributed by atoms with Crippen molar-refractivity contribution in [3.05, 3.63) is 35.5 Å². The Hall–Kier alpha value is -2.18. The largest absolute Gasteiger partial charge is 0.378 e. The zero-order valence-corrected chi connectivity index (χ0v) is 15.2. The van der Waals surface area contributed by atoms with Gasteiger partial charge in [0.15, 0.2) is 5.65 Å². The van der Waals surface area contributed by atoms with E-state index in [0.29, 0.717) is 41.4 Å². The minimum Gasteiger partial charge on any atom is -0.378 e. The van der Waals surface area contributed by atoms with E-state index < -0.39 is 0 Å². The second-order valence-corrected chi connectivity index (χ2v) is 7.01. The molecule has 0 bridgehead atoms. The van der Waals surface area contributed by atoms with Crippen molar-refractivity contribution in [3.8, 4) is 0 Å².